The van der Waals surface area contributed by atoms with Gasteiger partial charge in [-0.15, -0.1) is 0 Å². The van der Waals surface area contributed by atoms with Crippen LogP contribution in [0.4, 0.5) is 5.82 Å². The number of hydrogen-bond acceptors (Lipinski definition) is 5. The zero-order valence-electron chi connectivity index (χ0n) is 15.3. The van der Waals surface area contributed by atoms with Crippen LogP contribution in [0.5, 0.6) is 0 Å². The van der Waals surface area contributed by atoms with E-state index >= 15 is 0 Å². The normalized spacial score (nSPS) is 14.4. The predicted octanol–water partition coefficient (Wildman–Crippen LogP) is 2.41. The lowest BCUT2D eigenvalue weighted by atomic mass is 10.0. The van der Waals surface area contributed by atoms with Crippen molar-refractivity contribution in [3.05, 3.63) is 53.5 Å². The molecule has 0 bridgehead atoms. The molecule has 0 saturated carbocycles. The number of nitrogens with zero attached hydrogens (tertiary/aromatic N) is 4. The van der Waals surface area contributed by atoms with E-state index in [1.54, 1.807) is 6.33 Å². The molecular weight excluding hydrogens is 328 g/mol. The van der Waals surface area contributed by atoms with Crippen molar-refractivity contribution in [2.24, 2.45) is 0 Å². The summed E-state index contributed by atoms with van der Waals surface area (Å²) in [6, 6.07) is 9.44. The minimum absolute atomic E-state index is 0.0217. The van der Waals surface area contributed by atoms with Crippen LogP contribution in [0.15, 0.2) is 36.7 Å². The van der Waals surface area contributed by atoms with Crippen molar-refractivity contribution in [1.29, 1.82) is 0 Å². The standard InChI is InChI=1S/C20H24N4O2/c1-15-3-5-17(6-4-15)18(25)7-8-20(26)24-11-9-23(10-12-24)19-13-16(2)21-14-22-19/h3-6,13-14H,7-12H2,1-2H3. The summed E-state index contributed by atoms with van der Waals surface area (Å²) in [4.78, 5) is 37.0. The number of amides is 1. The Morgan fingerprint density at radius 3 is 2.31 bits per heavy atom. The number of aryl methyl sites for hydroxylation is 2. The molecule has 6 nitrogen and oxygen atoms in total. The molecule has 0 spiro atoms. The van der Waals surface area contributed by atoms with Gasteiger partial charge in [0.25, 0.3) is 0 Å². The molecule has 26 heavy (non-hydrogen) atoms. The van der Waals surface area contributed by atoms with Crippen molar-refractivity contribution in [2.45, 2.75) is 26.7 Å². The molecule has 1 aromatic heterocycles. The third-order valence-corrected chi connectivity index (χ3v) is 4.69. The lowest BCUT2D eigenvalue weighted by Gasteiger charge is -2.35. The molecule has 0 N–H and O–H groups in total. The highest BCUT2D eigenvalue weighted by molar-refractivity contribution is 5.98. The Morgan fingerprint density at radius 2 is 1.65 bits per heavy atom. The smallest absolute Gasteiger partial charge is 0.223 e. The van der Waals surface area contributed by atoms with Crippen LogP contribution in [0.3, 0.4) is 0 Å². The van der Waals surface area contributed by atoms with Crippen molar-refractivity contribution in [3.8, 4) is 0 Å². The second-order valence-electron chi connectivity index (χ2n) is 6.67. The van der Waals surface area contributed by atoms with E-state index in [4.69, 9.17) is 0 Å². The van der Waals surface area contributed by atoms with Gasteiger partial charge in [0.2, 0.25) is 5.91 Å². The molecular formula is C20H24N4O2. The Hall–Kier alpha value is -2.76. The zero-order chi connectivity index (χ0) is 18.5. The van der Waals surface area contributed by atoms with Gasteiger partial charge in [-0.1, -0.05) is 29.8 Å². The van der Waals surface area contributed by atoms with E-state index < -0.39 is 0 Å². The first-order valence-electron chi connectivity index (χ1n) is 8.94. The SMILES string of the molecule is Cc1ccc(C(=O)CCC(=O)N2CCN(c3cc(C)ncn3)CC2)cc1. The Balaban J connectivity index is 1.47. The summed E-state index contributed by atoms with van der Waals surface area (Å²) in [7, 11) is 0. The summed E-state index contributed by atoms with van der Waals surface area (Å²) in [5.74, 6) is 0.969. The third-order valence-electron chi connectivity index (χ3n) is 4.69. The fourth-order valence-corrected chi connectivity index (χ4v) is 3.06. The van der Waals surface area contributed by atoms with E-state index in [9.17, 15) is 9.59 Å². The third kappa shape index (κ3) is 4.45. The summed E-state index contributed by atoms with van der Waals surface area (Å²) in [6.45, 7) is 6.72. The molecule has 1 saturated heterocycles. The van der Waals surface area contributed by atoms with Crippen LogP contribution in [0.2, 0.25) is 0 Å². The monoisotopic (exact) mass is 352 g/mol. The molecule has 1 aliphatic rings. The molecule has 2 heterocycles. The second-order valence-corrected chi connectivity index (χ2v) is 6.67. The summed E-state index contributed by atoms with van der Waals surface area (Å²) in [5, 5.41) is 0. The van der Waals surface area contributed by atoms with Crippen molar-refractivity contribution in [3.63, 3.8) is 0 Å². The molecule has 136 valence electrons. The quantitative estimate of drug-likeness (QED) is 0.773. The van der Waals surface area contributed by atoms with Crippen molar-refractivity contribution < 1.29 is 9.59 Å². The highest BCUT2D eigenvalue weighted by Gasteiger charge is 2.22. The molecule has 0 radical (unpaired) electrons. The highest BCUT2D eigenvalue weighted by atomic mass is 16.2. The topological polar surface area (TPSA) is 66.4 Å². The van der Waals surface area contributed by atoms with Gasteiger partial charge < -0.3 is 9.80 Å². The number of Topliss-reactive ketones (excluding diaryl/α,β-unsaturated/α-hetero) is 1. The molecule has 0 unspecified atom stereocenters. The molecule has 0 aliphatic carbocycles. The van der Waals surface area contributed by atoms with E-state index in [1.807, 2.05) is 49.1 Å². The number of aromatic nitrogens is 2. The van der Waals surface area contributed by atoms with Crippen LogP contribution in [0, 0.1) is 13.8 Å². The molecule has 6 heteroatoms. The molecule has 1 aliphatic heterocycles. The van der Waals surface area contributed by atoms with Crippen LogP contribution in [-0.4, -0.2) is 52.7 Å². The molecule has 1 aromatic carbocycles. The zero-order valence-corrected chi connectivity index (χ0v) is 15.3. The largest absolute Gasteiger partial charge is 0.353 e. The Kier molecular flexibility index (Phi) is 5.61. The van der Waals surface area contributed by atoms with Gasteiger partial charge >= 0.3 is 0 Å². The first kappa shape index (κ1) is 18.0. The van der Waals surface area contributed by atoms with Crippen LogP contribution >= 0.6 is 0 Å². The lowest BCUT2D eigenvalue weighted by Crippen LogP contribution is -2.49. The van der Waals surface area contributed by atoms with E-state index in [1.165, 1.54) is 0 Å². The Bertz CT molecular complexity index is 781. The minimum Gasteiger partial charge on any atom is -0.353 e. The summed E-state index contributed by atoms with van der Waals surface area (Å²) >= 11 is 0. The number of benzene rings is 1. The number of hydrogen-bond donors (Lipinski definition) is 0. The summed E-state index contributed by atoms with van der Waals surface area (Å²) in [6.07, 6.45) is 2.09. The van der Waals surface area contributed by atoms with Crippen LogP contribution in [-0.2, 0) is 4.79 Å². The Morgan fingerprint density at radius 1 is 0.962 bits per heavy atom. The van der Waals surface area contributed by atoms with Gasteiger partial charge in [-0.05, 0) is 13.8 Å². The van der Waals surface area contributed by atoms with E-state index in [0.717, 1.165) is 30.2 Å². The maximum Gasteiger partial charge on any atom is 0.223 e. The van der Waals surface area contributed by atoms with Gasteiger partial charge in [0.05, 0.1) is 0 Å². The number of carbonyl (C=O) groups is 2. The van der Waals surface area contributed by atoms with Crippen LogP contribution < -0.4 is 4.90 Å². The van der Waals surface area contributed by atoms with E-state index in [-0.39, 0.29) is 24.5 Å². The van der Waals surface area contributed by atoms with Gasteiger partial charge in [0, 0.05) is 56.3 Å². The number of rotatable bonds is 5. The van der Waals surface area contributed by atoms with Crippen molar-refractivity contribution >= 4 is 17.5 Å². The number of anilines is 1. The predicted molar refractivity (Wildman–Crippen MR) is 100 cm³/mol. The number of ketones is 1. The molecule has 0 atom stereocenters. The van der Waals surface area contributed by atoms with Crippen LogP contribution in [0.25, 0.3) is 0 Å². The molecule has 2 aromatic rings. The first-order valence-corrected chi connectivity index (χ1v) is 8.94. The first-order chi connectivity index (χ1) is 12.5. The molecule has 1 fully saturated rings. The number of carbonyl (C=O) groups excluding carboxylic acids is 2. The van der Waals surface area contributed by atoms with Gasteiger partial charge in [-0.3, -0.25) is 9.59 Å². The fraction of sp³-hybridized carbons (Fsp3) is 0.400. The van der Waals surface area contributed by atoms with Gasteiger partial charge in [-0.2, -0.15) is 0 Å². The minimum atomic E-state index is 0.0217. The lowest BCUT2D eigenvalue weighted by molar-refractivity contribution is -0.131. The maximum absolute atomic E-state index is 12.4. The van der Waals surface area contributed by atoms with Gasteiger partial charge in [0.15, 0.2) is 5.78 Å². The van der Waals surface area contributed by atoms with Gasteiger partial charge in [0.1, 0.15) is 12.1 Å². The van der Waals surface area contributed by atoms with Crippen molar-refractivity contribution in [2.75, 3.05) is 31.1 Å². The average molecular weight is 352 g/mol. The second kappa shape index (κ2) is 8.08. The van der Waals surface area contributed by atoms with Gasteiger partial charge in [-0.25, -0.2) is 9.97 Å². The highest BCUT2D eigenvalue weighted by Crippen LogP contribution is 2.15. The van der Waals surface area contributed by atoms with E-state index in [0.29, 0.717) is 18.7 Å². The average Bonchev–Trinajstić information content (AvgIpc) is 2.66. The van der Waals surface area contributed by atoms with Crippen LogP contribution in [0.1, 0.15) is 34.5 Å². The summed E-state index contributed by atoms with van der Waals surface area (Å²) in [5.41, 5.74) is 2.73. The fourth-order valence-electron chi connectivity index (χ4n) is 3.06. The molecule has 3 rings (SSSR count). The summed E-state index contributed by atoms with van der Waals surface area (Å²) < 4.78 is 0. The molecule has 1 amide bonds. The number of piperazine rings is 1. The Labute approximate surface area is 153 Å². The van der Waals surface area contributed by atoms with E-state index in [2.05, 4.69) is 14.9 Å². The maximum atomic E-state index is 12.4. The van der Waals surface area contributed by atoms with Crippen molar-refractivity contribution in [1.82, 2.24) is 14.9 Å².